The highest BCUT2D eigenvalue weighted by atomic mass is 16.1. The molecule has 1 aliphatic carbocycles. The molecule has 2 rings (SSSR count). The number of allylic oxidation sites excluding steroid dienone is 1. The molecular weight excluding hydrogens is 234 g/mol. The van der Waals surface area contributed by atoms with Crippen LogP contribution in [0.3, 0.4) is 0 Å². The van der Waals surface area contributed by atoms with Gasteiger partial charge in [-0.25, -0.2) is 0 Å². The SMILES string of the molecule is Cc1ccc(/C=C/C(=O)NCC2=CCCCC2)cc1. The van der Waals surface area contributed by atoms with Crippen LogP contribution < -0.4 is 5.32 Å². The van der Waals surface area contributed by atoms with Gasteiger partial charge in [0.2, 0.25) is 5.91 Å². The first-order valence-corrected chi connectivity index (χ1v) is 6.94. The van der Waals surface area contributed by atoms with Crippen molar-refractivity contribution in [2.24, 2.45) is 0 Å². The average molecular weight is 255 g/mol. The maximum atomic E-state index is 11.7. The van der Waals surface area contributed by atoms with Crippen LogP contribution in [-0.4, -0.2) is 12.5 Å². The highest BCUT2D eigenvalue weighted by Gasteiger charge is 2.04. The number of benzene rings is 1. The second kappa shape index (κ2) is 6.93. The lowest BCUT2D eigenvalue weighted by Gasteiger charge is -2.12. The van der Waals surface area contributed by atoms with Crippen molar-refractivity contribution in [2.75, 3.05) is 6.54 Å². The van der Waals surface area contributed by atoms with E-state index in [0.29, 0.717) is 6.54 Å². The molecule has 0 radical (unpaired) electrons. The Morgan fingerprint density at radius 1 is 1.26 bits per heavy atom. The van der Waals surface area contributed by atoms with Gasteiger partial charge in [0.15, 0.2) is 0 Å². The number of aryl methyl sites for hydroxylation is 1. The van der Waals surface area contributed by atoms with Crippen LogP contribution in [0.5, 0.6) is 0 Å². The standard InChI is InChI=1S/C17H21NO/c1-14-7-9-15(10-8-14)11-12-17(19)18-13-16-5-3-2-4-6-16/h5,7-12H,2-4,6,13H2,1H3,(H,18,19)/b12-11+. The summed E-state index contributed by atoms with van der Waals surface area (Å²) in [5.41, 5.74) is 3.65. The van der Waals surface area contributed by atoms with Gasteiger partial charge in [-0.1, -0.05) is 41.5 Å². The van der Waals surface area contributed by atoms with Crippen LogP contribution in [0.2, 0.25) is 0 Å². The Kier molecular flexibility index (Phi) is 4.96. The Bertz CT molecular complexity index is 482. The molecule has 0 fully saturated rings. The molecule has 0 atom stereocenters. The molecule has 1 N–H and O–H groups in total. The quantitative estimate of drug-likeness (QED) is 0.646. The number of amides is 1. The van der Waals surface area contributed by atoms with Gasteiger partial charge < -0.3 is 5.32 Å². The molecule has 0 saturated heterocycles. The molecule has 0 saturated carbocycles. The molecule has 0 aliphatic heterocycles. The minimum absolute atomic E-state index is 0.0213. The minimum atomic E-state index is -0.0213. The van der Waals surface area contributed by atoms with E-state index >= 15 is 0 Å². The molecular formula is C17H21NO. The molecule has 0 aromatic heterocycles. The van der Waals surface area contributed by atoms with Crippen LogP contribution in [0.25, 0.3) is 6.08 Å². The Morgan fingerprint density at radius 2 is 2.05 bits per heavy atom. The molecule has 2 nitrogen and oxygen atoms in total. The number of carbonyl (C=O) groups is 1. The topological polar surface area (TPSA) is 29.1 Å². The molecule has 0 spiro atoms. The molecule has 1 aromatic carbocycles. The van der Waals surface area contributed by atoms with Crippen molar-refractivity contribution in [3.05, 3.63) is 53.1 Å². The predicted molar refractivity (Wildman–Crippen MR) is 79.8 cm³/mol. The highest BCUT2D eigenvalue weighted by molar-refractivity contribution is 5.91. The zero-order chi connectivity index (χ0) is 13.5. The highest BCUT2D eigenvalue weighted by Crippen LogP contribution is 2.16. The fraction of sp³-hybridized carbons (Fsp3) is 0.353. The van der Waals surface area contributed by atoms with Gasteiger partial charge in [0, 0.05) is 12.6 Å². The number of carbonyl (C=O) groups excluding carboxylic acids is 1. The average Bonchev–Trinajstić information content (AvgIpc) is 2.45. The molecule has 2 heteroatoms. The van der Waals surface area contributed by atoms with Crippen LogP contribution >= 0.6 is 0 Å². The molecule has 0 bridgehead atoms. The van der Waals surface area contributed by atoms with E-state index < -0.39 is 0 Å². The van der Waals surface area contributed by atoms with Gasteiger partial charge in [-0.3, -0.25) is 4.79 Å². The lowest BCUT2D eigenvalue weighted by atomic mass is 10.00. The van der Waals surface area contributed by atoms with Gasteiger partial charge in [0.25, 0.3) is 0 Å². The number of rotatable bonds is 4. The van der Waals surface area contributed by atoms with Crippen molar-refractivity contribution in [1.29, 1.82) is 0 Å². The third-order valence-electron chi connectivity index (χ3n) is 3.38. The van der Waals surface area contributed by atoms with Gasteiger partial charge in [0.05, 0.1) is 0 Å². The van der Waals surface area contributed by atoms with Gasteiger partial charge in [-0.2, -0.15) is 0 Å². The summed E-state index contributed by atoms with van der Waals surface area (Å²) in [7, 11) is 0. The summed E-state index contributed by atoms with van der Waals surface area (Å²) in [5, 5.41) is 2.94. The van der Waals surface area contributed by atoms with Crippen molar-refractivity contribution in [2.45, 2.75) is 32.6 Å². The molecule has 1 amide bonds. The number of nitrogens with one attached hydrogen (secondary N) is 1. The molecule has 100 valence electrons. The summed E-state index contributed by atoms with van der Waals surface area (Å²) < 4.78 is 0. The fourth-order valence-electron chi connectivity index (χ4n) is 2.17. The zero-order valence-electron chi connectivity index (χ0n) is 11.5. The van der Waals surface area contributed by atoms with E-state index in [4.69, 9.17) is 0 Å². The first kappa shape index (κ1) is 13.6. The summed E-state index contributed by atoms with van der Waals surface area (Å²) in [6.07, 6.45) is 10.5. The summed E-state index contributed by atoms with van der Waals surface area (Å²) in [5.74, 6) is -0.0213. The van der Waals surface area contributed by atoms with Crippen LogP contribution in [0.15, 0.2) is 42.0 Å². The maximum Gasteiger partial charge on any atom is 0.244 e. The van der Waals surface area contributed by atoms with E-state index in [-0.39, 0.29) is 5.91 Å². The third-order valence-corrected chi connectivity index (χ3v) is 3.38. The Hall–Kier alpha value is -1.83. The van der Waals surface area contributed by atoms with Crippen LogP contribution in [0.4, 0.5) is 0 Å². The fourth-order valence-corrected chi connectivity index (χ4v) is 2.17. The van der Waals surface area contributed by atoms with Gasteiger partial charge in [-0.15, -0.1) is 0 Å². The van der Waals surface area contributed by atoms with E-state index in [1.807, 2.05) is 30.3 Å². The second-order valence-corrected chi connectivity index (χ2v) is 5.07. The van der Waals surface area contributed by atoms with Gasteiger partial charge in [-0.05, 0) is 44.2 Å². The Balaban J connectivity index is 1.80. The van der Waals surface area contributed by atoms with Crippen molar-refractivity contribution < 1.29 is 4.79 Å². The Morgan fingerprint density at radius 3 is 2.74 bits per heavy atom. The summed E-state index contributed by atoms with van der Waals surface area (Å²) >= 11 is 0. The normalized spacial score (nSPS) is 15.3. The summed E-state index contributed by atoms with van der Waals surface area (Å²) in [6.45, 7) is 2.75. The van der Waals surface area contributed by atoms with Crippen LogP contribution in [0, 0.1) is 6.92 Å². The van der Waals surface area contributed by atoms with E-state index in [0.717, 1.165) is 18.4 Å². The van der Waals surface area contributed by atoms with Crippen LogP contribution in [0.1, 0.15) is 36.8 Å². The maximum absolute atomic E-state index is 11.7. The van der Waals surface area contributed by atoms with Crippen LogP contribution in [-0.2, 0) is 4.79 Å². The molecule has 1 aromatic rings. The van der Waals surface area contributed by atoms with Crippen molar-refractivity contribution in [1.82, 2.24) is 5.32 Å². The minimum Gasteiger partial charge on any atom is -0.349 e. The molecule has 0 unspecified atom stereocenters. The first-order valence-electron chi connectivity index (χ1n) is 6.94. The van der Waals surface area contributed by atoms with E-state index in [9.17, 15) is 4.79 Å². The smallest absolute Gasteiger partial charge is 0.244 e. The van der Waals surface area contributed by atoms with E-state index in [1.165, 1.54) is 24.0 Å². The lowest BCUT2D eigenvalue weighted by Crippen LogP contribution is -2.24. The van der Waals surface area contributed by atoms with E-state index in [1.54, 1.807) is 6.08 Å². The van der Waals surface area contributed by atoms with Gasteiger partial charge in [0.1, 0.15) is 0 Å². The lowest BCUT2D eigenvalue weighted by molar-refractivity contribution is -0.116. The van der Waals surface area contributed by atoms with Crippen molar-refractivity contribution >= 4 is 12.0 Å². The zero-order valence-corrected chi connectivity index (χ0v) is 11.5. The van der Waals surface area contributed by atoms with Crippen molar-refractivity contribution in [3.63, 3.8) is 0 Å². The number of hydrogen-bond acceptors (Lipinski definition) is 1. The van der Waals surface area contributed by atoms with E-state index in [2.05, 4.69) is 18.3 Å². The first-order chi connectivity index (χ1) is 9.24. The van der Waals surface area contributed by atoms with Crippen molar-refractivity contribution in [3.8, 4) is 0 Å². The number of hydrogen-bond donors (Lipinski definition) is 1. The summed E-state index contributed by atoms with van der Waals surface area (Å²) in [6, 6.07) is 8.13. The Labute approximate surface area is 115 Å². The largest absolute Gasteiger partial charge is 0.349 e. The third kappa shape index (κ3) is 4.74. The molecule has 0 heterocycles. The molecule has 19 heavy (non-hydrogen) atoms. The molecule has 1 aliphatic rings. The van der Waals surface area contributed by atoms with Gasteiger partial charge >= 0.3 is 0 Å². The monoisotopic (exact) mass is 255 g/mol. The second-order valence-electron chi connectivity index (χ2n) is 5.07. The summed E-state index contributed by atoms with van der Waals surface area (Å²) in [4.78, 5) is 11.7. The predicted octanol–water partition coefficient (Wildman–Crippen LogP) is 3.62.